The molecule has 204 valence electrons. The molecule has 10 heteroatoms. The molecule has 2 aliphatic rings. The topological polar surface area (TPSA) is 95.6 Å². The van der Waals surface area contributed by atoms with E-state index < -0.39 is 0 Å². The van der Waals surface area contributed by atoms with E-state index in [-0.39, 0.29) is 28.9 Å². The Labute approximate surface area is 238 Å². The molecule has 2 fully saturated rings. The molecular weight excluding hydrogens is 532 g/mol. The molecule has 0 bridgehead atoms. The van der Waals surface area contributed by atoms with Crippen LogP contribution in [0.4, 0.5) is 5.82 Å². The molecule has 0 spiro atoms. The van der Waals surface area contributed by atoms with Crippen molar-refractivity contribution in [3.8, 4) is 6.07 Å². The lowest BCUT2D eigenvalue weighted by Crippen LogP contribution is -2.43. The van der Waals surface area contributed by atoms with Gasteiger partial charge in [0.15, 0.2) is 0 Å². The molecule has 0 aliphatic carbocycles. The van der Waals surface area contributed by atoms with Crippen molar-refractivity contribution in [3.05, 3.63) is 67.8 Å². The van der Waals surface area contributed by atoms with Crippen LogP contribution in [-0.2, 0) is 27.4 Å². The second kappa shape index (κ2) is 12.6. The summed E-state index contributed by atoms with van der Waals surface area (Å²) in [7, 11) is 0. The zero-order valence-electron chi connectivity index (χ0n) is 22.4. The number of nitriles is 1. The van der Waals surface area contributed by atoms with Crippen molar-refractivity contribution in [2.24, 2.45) is 5.92 Å². The summed E-state index contributed by atoms with van der Waals surface area (Å²) in [5, 5.41) is 9.89. The van der Waals surface area contributed by atoms with Crippen LogP contribution in [0.5, 0.6) is 0 Å². The molecule has 1 amide bonds. The van der Waals surface area contributed by atoms with Gasteiger partial charge in [-0.2, -0.15) is 5.26 Å². The van der Waals surface area contributed by atoms with Crippen molar-refractivity contribution >= 4 is 52.1 Å². The number of nitrogens with zero attached hydrogens (tertiary/aromatic N) is 4. The molecule has 39 heavy (non-hydrogen) atoms. The van der Waals surface area contributed by atoms with E-state index in [1.807, 2.05) is 42.2 Å². The van der Waals surface area contributed by atoms with Gasteiger partial charge in [-0.25, -0.2) is 0 Å². The zero-order chi connectivity index (χ0) is 28.1. The Balaban J connectivity index is 1.81. The van der Waals surface area contributed by atoms with Crippen LogP contribution in [0.25, 0.3) is 6.08 Å². The fraction of sp³-hybridized carbons (Fsp3) is 0.414. The molecule has 0 saturated carbocycles. The maximum Gasteiger partial charge on any atom is 0.310 e. The van der Waals surface area contributed by atoms with Crippen LogP contribution in [0, 0.1) is 24.2 Å². The number of thioether (sulfide) groups is 1. The van der Waals surface area contributed by atoms with E-state index in [0.29, 0.717) is 71.8 Å². The summed E-state index contributed by atoms with van der Waals surface area (Å²) in [5.74, 6) is -0.160. The Morgan fingerprint density at radius 2 is 2.00 bits per heavy atom. The van der Waals surface area contributed by atoms with Gasteiger partial charge < -0.3 is 9.64 Å². The van der Waals surface area contributed by atoms with Gasteiger partial charge >= 0.3 is 5.97 Å². The third-order valence-electron chi connectivity index (χ3n) is 6.97. The number of thiocarbonyl (C=S) groups is 1. The normalized spacial score (nSPS) is 18.5. The first-order valence-corrected chi connectivity index (χ1v) is 14.4. The third kappa shape index (κ3) is 5.94. The minimum absolute atomic E-state index is 0.0529. The van der Waals surface area contributed by atoms with Gasteiger partial charge in [0, 0.05) is 25.2 Å². The van der Waals surface area contributed by atoms with Gasteiger partial charge in [0.2, 0.25) is 0 Å². The van der Waals surface area contributed by atoms with Crippen LogP contribution in [0.2, 0.25) is 0 Å². The van der Waals surface area contributed by atoms with Crippen LogP contribution >= 0.6 is 24.0 Å². The first-order chi connectivity index (χ1) is 18.8. The molecule has 0 N–H and O–H groups in total. The standard InChI is InChI=1S/C29H32N4O4S2/c1-4-13-32-25(31-14-9-12-21(18-31)28(36)37-5-2)22(19(3)23(16-30)26(32)34)15-24-27(35)33(29(38)39-24)17-20-10-7-6-8-11-20/h6-8,10-11,15,21H,4-5,9,12-14,17-18H2,1-3H3/b24-15-. The molecule has 2 aromatic rings. The Kier molecular flexibility index (Phi) is 9.25. The molecule has 1 unspecified atom stereocenters. The van der Waals surface area contributed by atoms with E-state index in [2.05, 4.69) is 6.07 Å². The Morgan fingerprint density at radius 1 is 1.26 bits per heavy atom. The molecule has 1 atom stereocenters. The quantitative estimate of drug-likeness (QED) is 0.260. The fourth-order valence-electron chi connectivity index (χ4n) is 5.07. The second-order valence-electron chi connectivity index (χ2n) is 9.60. The number of pyridine rings is 1. The van der Waals surface area contributed by atoms with E-state index in [1.54, 1.807) is 29.4 Å². The minimum Gasteiger partial charge on any atom is -0.466 e. The number of benzene rings is 1. The number of hydrogen-bond donors (Lipinski definition) is 0. The molecule has 2 saturated heterocycles. The number of aromatic nitrogens is 1. The van der Waals surface area contributed by atoms with E-state index >= 15 is 0 Å². The van der Waals surface area contributed by atoms with E-state index in [4.69, 9.17) is 17.0 Å². The predicted molar refractivity (Wildman–Crippen MR) is 157 cm³/mol. The van der Waals surface area contributed by atoms with Crippen LogP contribution < -0.4 is 10.5 Å². The summed E-state index contributed by atoms with van der Waals surface area (Å²) in [6.07, 6.45) is 3.89. The summed E-state index contributed by atoms with van der Waals surface area (Å²) in [6, 6.07) is 11.7. The number of amides is 1. The average Bonchev–Trinajstić information content (AvgIpc) is 3.20. The van der Waals surface area contributed by atoms with Gasteiger partial charge in [0.1, 0.15) is 21.8 Å². The molecular formula is C29H32N4O4S2. The smallest absolute Gasteiger partial charge is 0.310 e. The number of carbonyl (C=O) groups excluding carboxylic acids is 2. The average molecular weight is 565 g/mol. The van der Waals surface area contributed by atoms with E-state index in [9.17, 15) is 19.6 Å². The van der Waals surface area contributed by atoms with Crippen LogP contribution in [0.1, 0.15) is 55.4 Å². The van der Waals surface area contributed by atoms with Crippen LogP contribution in [-0.4, -0.2) is 45.4 Å². The van der Waals surface area contributed by atoms with Crippen molar-refractivity contribution in [3.63, 3.8) is 0 Å². The van der Waals surface area contributed by atoms with Gasteiger partial charge in [0.05, 0.1) is 24.0 Å². The van der Waals surface area contributed by atoms with Crippen LogP contribution in [0.3, 0.4) is 0 Å². The van der Waals surface area contributed by atoms with Gasteiger partial charge in [-0.1, -0.05) is 61.2 Å². The predicted octanol–water partition coefficient (Wildman–Crippen LogP) is 4.62. The highest BCUT2D eigenvalue weighted by Gasteiger charge is 2.35. The Bertz CT molecular complexity index is 1410. The van der Waals surface area contributed by atoms with Crippen molar-refractivity contribution in [1.82, 2.24) is 9.47 Å². The summed E-state index contributed by atoms with van der Waals surface area (Å²) in [4.78, 5) is 43.6. The second-order valence-corrected chi connectivity index (χ2v) is 11.3. The Hall–Kier alpha value is -3.42. The van der Waals surface area contributed by atoms with Crippen molar-refractivity contribution in [2.75, 3.05) is 24.6 Å². The minimum atomic E-state index is -0.362. The molecule has 8 nitrogen and oxygen atoms in total. The summed E-state index contributed by atoms with van der Waals surface area (Å²) >= 11 is 6.78. The number of hydrogen-bond acceptors (Lipinski definition) is 8. The first kappa shape index (κ1) is 28.6. The molecule has 0 radical (unpaired) electrons. The highest BCUT2D eigenvalue weighted by atomic mass is 32.2. The molecule has 1 aromatic carbocycles. The number of esters is 1. The van der Waals surface area contributed by atoms with Crippen molar-refractivity contribution in [2.45, 2.75) is 53.1 Å². The van der Waals surface area contributed by atoms with Gasteiger partial charge in [-0.15, -0.1) is 0 Å². The first-order valence-electron chi connectivity index (χ1n) is 13.2. The fourth-order valence-corrected chi connectivity index (χ4v) is 6.31. The molecule has 3 heterocycles. The van der Waals surface area contributed by atoms with Crippen molar-refractivity contribution < 1.29 is 14.3 Å². The lowest BCUT2D eigenvalue weighted by Gasteiger charge is -2.36. The lowest BCUT2D eigenvalue weighted by atomic mass is 9.96. The summed E-state index contributed by atoms with van der Waals surface area (Å²) in [6.45, 7) is 7.59. The van der Waals surface area contributed by atoms with Crippen LogP contribution in [0.15, 0.2) is 40.0 Å². The Morgan fingerprint density at radius 3 is 2.67 bits per heavy atom. The summed E-state index contributed by atoms with van der Waals surface area (Å²) < 4.78 is 7.37. The number of anilines is 1. The largest absolute Gasteiger partial charge is 0.466 e. The highest BCUT2D eigenvalue weighted by Crippen LogP contribution is 2.37. The van der Waals surface area contributed by atoms with Gasteiger partial charge in [-0.05, 0) is 50.3 Å². The highest BCUT2D eigenvalue weighted by molar-refractivity contribution is 8.26. The number of rotatable bonds is 8. The number of piperidine rings is 1. The lowest BCUT2D eigenvalue weighted by molar-refractivity contribution is -0.148. The van der Waals surface area contributed by atoms with E-state index in [1.165, 1.54) is 11.8 Å². The van der Waals surface area contributed by atoms with Crippen molar-refractivity contribution in [1.29, 1.82) is 5.26 Å². The molecule has 1 aromatic heterocycles. The number of ether oxygens (including phenoxy) is 1. The maximum atomic E-state index is 13.5. The number of carbonyl (C=O) groups is 2. The molecule has 2 aliphatic heterocycles. The SMILES string of the molecule is CCCn1c(N2CCCC(C(=O)OCC)C2)c(/C=C2\SC(=S)N(Cc3ccccc3)C2=O)c(C)c(C#N)c1=O. The third-order valence-corrected chi connectivity index (χ3v) is 8.34. The summed E-state index contributed by atoms with van der Waals surface area (Å²) in [5.41, 5.74) is 1.80. The zero-order valence-corrected chi connectivity index (χ0v) is 24.1. The van der Waals surface area contributed by atoms with Gasteiger partial charge in [-0.3, -0.25) is 23.9 Å². The maximum absolute atomic E-state index is 13.5. The molecule has 4 rings (SSSR count). The monoisotopic (exact) mass is 564 g/mol. The van der Waals surface area contributed by atoms with E-state index in [0.717, 1.165) is 12.0 Å². The van der Waals surface area contributed by atoms with Gasteiger partial charge in [0.25, 0.3) is 11.5 Å².